The van der Waals surface area contributed by atoms with Gasteiger partial charge in [0.15, 0.2) is 11.6 Å². The molecule has 2 aliphatic carbocycles. The SMILES string of the molecule is CCC1CC(=N)N(C)OC12c1cc(-c3cccc(C#N)c3)ccc1CC21CCc2c(ccc(F)c2F)C1. The first-order valence-electron chi connectivity index (χ1n) is 12.9. The molecule has 4 nitrogen and oxygen atoms in total. The zero-order chi connectivity index (χ0) is 25.9. The quantitative estimate of drug-likeness (QED) is 0.429. The fraction of sp³-hybridized carbons (Fsp3) is 0.355. The molecular formula is C31H29F2N3O. The van der Waals surface area contributed by atoms with Crippen LogP contribution in [0.25, 0.3) is 11.1 Å². The lowest BCUT2D eigenvalue weighted by molar-refractivity contribution is -0.288. The Bertz CT molecular complexity index is 1480. The molecule has 3 unspecified atom stereocenters. The predicted molar refractivity (Wildman–Crippen MR) is 138 cm³/mol. The van der Waals surface area contributed by atoms with Crippen LogP contribution >= 0.6 is 0 Å². The minimum absolute atomic E-state index is 0.0602. The van der Waals surface area contributed by atoms with Crippen LogP contribution in [0.1, 0.15) is 54.0 Å². The lowest BCUT2D eigenvalue weighted by Gasteiger charge is -2.56. The third-order valence-corrected chi connectivity index (χ3v) is 9.00. The molecule has 1 fully saturated rings. The van der Waals surface area contributed by atoms with E-state index in [-0.39, 0.29) is 11.3 Å². The summed E-state index contributed by atoms with van der Waals surface area (Å²) in [5, 5.41) is 19.6. The van der Waals surface area contributed by atoms with Gasteiger partial charge >= 0.3 is 0 Å². The first kappa shape index (κ1) is 23.8. The number of nitrogens with one attached hydrogen (secondary N) is 1. The molecule has 2 spiro atoms. The molecule has 1 aliphatic heterocycles. The Morgan fingerprint density at radius 1 is 1.08 bits per heavy atom. The number of fused-ring (bicyclic) bond motifs is 4. The number of nitriles is 1. The summed E-state index contributed by atoms with van der Waals surface area (Å²) in [6.07, 6.45) is 3.91. The molecule has 37 heavy (non-hydrogen) atoms. The van der Waals surface area contributed by atoms with Crippen molar-refractivity contribution in [1.29, 1.82) is 10.7 Å². The van der Waals surface area contributed by atoms with Crippen LogP contribution < -0.4 is 0 Å². The van der Waals surface area contributed by atoms with E-state index in [9.17, 15) is 14.0 Å². The van der Waals surface area contributed by atoms with Gasteiger partial charge in [-0.2, -0.15) is 5.26 Å². The highest BCUT2D eigenvalue weighted by Gasteiger charge is 2.65. The maximum Gasteiger partial charge on any atom is 0.162 e. The van der Waals surface area contributed by atoms with Crippen LogP contribution in [-0.4, -0.2) is 17.9 Å². The zero-order valence-electron chi connectivity index (χ0n) is 21.1. The normalized spacial score (nSPS) is 26.3. The van der Waals surface area contributed by atoms with Gasteiger partial charge in [0.05, 0.1) is 11.6 Å². The molecule has 3 atom stereocenters. The summed E-state index contributed by atoms with van der Waals surface area (Å²) in [4.78, 5) is 6.86. The number of hydrogen-bond donors (Lipinski definition) is 1. The predicted octanol–water partition coefficient (Wildman–Crippen LogP) is 6.70. The van der Waals surface area contributed by atoms with Crippen LogP contribution in [0.2, 0.25) is 0 Å². The summed E-state index contributed by atoms with van der Waals surface area (Å²) in [7, 11) is 1.80. The molecule has 1 N–H and O–H groups in total. The van der Waals surface area contributed by atoms with Gasteiger partial charge in [-0.1, -0.05) is 37.3 Å². The number of amidine groups is 1. The Balaban J connectivity index is 1.55. The van der Waals surface area contributed by atoms with Crippen molar-refractivity contribution < 1.29 is 13.6 Å². The van der Waals surface area contributed by atoms with E-state index < -0.39 is 17.2 Å². The van der Waals surface area contributed by atoms with E-state index in [4.69, 9.17) is 10.2 Å². The Morgan fingerprint density at radius 2 is 1.84 bits per heavy atom. The minimum atomic E-state index is -0.795. The van der Waals surface area contributed by atoms with Crippen molar-refractivity contribution >= 4 is 5.84 Å². The Hall–Kier alpha value is -3.56. The smallest absolute Gasteiger partial charge is 0.162 e. The highest BCUT2D eigenvalue weighted by molar-refractivity contribution is 5.79. The summed E-state index contributed by atoms with van der Waals surface area (Å²) in [5.74, 6) is -1.02. The van der Waals surface area contributed by atoms with Crippen LogP contribution in [0.3, 0.4) is 0 Å². The summed E-state index contributed by atoms with van der Waals surface area (Å²) < 4.78 is 28.8. The maximum atomic E-state index is 14.7. The van der Waals surface area contributed by atoms with Crippen LogP contribution in [0.4, 0.5) is 8.78 Å². The van der Waals surface area contributed by atoms with Crippen LogP contribution in [0, 0.1) is 39.7 Å². The van der Waals surface area contributed by atoms with Gasteiger partial charge in [-0.15, -0.1) is 0 Å². The minimum Gasteiger partial charge on any atom is -0.287 e. The molecule has 3 aromatic carbocycles. The van der Waals surface area contributed by atoms with E-state index >= 15 is 0 Å². The monoisotopic (exact) mass is 497 g/mol. The number of rotatable bonds is 2. The van der Waals surface area contributed by atoms with Gasteiger partial charge in [0.2, 0.25) is 0 Å². The molecule has 6 rings (SSSR count). The van der Waals surface area contributed by atoms with Crippen LogP contribution in [0.5, 0.6) is 0 Å². The average molecular weight is 498 g/mol. The summed E-state index contributed by atoms with van der Waals surface area (Å²) in [5.41, 5.74) is 5.17. The van der Waals surface area contributed by atoms with Gasteiger partial charge in [-0.3, -0.25) is 10.2 Å². The molecule has 3 aromatic rings. The molecule has 0 radical (unpaired) electrons. The van der Waals surface area contributed by atoms with Crippen molar-refractivity contribution in [2.75, 3.05) is 7.05 Å². The van der Waals surface area contributed by atoms with Crippen molar-refractivity contribution in [2.24, 2.45) is 11.3 Å². The second-order valence-electron chi connectivity index (χ2n) is 10.8. The Labute approximate surface area is 216 Å². The molecule has 0 aromatic heterocycles. The van der Waals surface area contributed by atoms with Crippen LogP contribution in [-0.2, 0) is 29.7 Å². The van der Waals surface area contributed by atoms with Gasteiger partial charge in [0.1, 0.15) is 11.4 Å². The van der Waals surface area contributed by atoms with E-state index in [2.05, 4.69) is 31.2 Å². The van der Waals surface area contributed by atoms with Gasteiger partial charge in [-0.05, 0) is 89.8 Å². The molecule has 1 saturated heterocycles. The molecule has 0 amide bonds. The number of hydrogen-bond acceptors (Lipinski definition) is 3. The zero-order valence-corrected chi connectivity index (χ0v) is 21.1. The van der Waals surface area contributed by atoms with Crippen molar-refractivity contribution in [2.45, 2.75) is 51.0 Å². The standard InChI is InChI=1S/C31H29F2N3O/c1-3-24-15-28(35)36(2)37-31(24)26-14-21(20-6-4-5-19(13-20)18-34)7-8-23(26)17-30(31)12-11-25-22(16-30)9-10-27(32)29(25)33/h4-10,13-14,24,35H,3,11-12,15-17H2,1-2H3. The number of nitrogens with zero attached hydrogens (tertiary/aromatic N) is 2. The lowest BCUT2D eigenvalue weighted by Crippen LogP contribution is -2.59. The fourth-order valence-electron chi connectivity index (χ4n) is 7.24. The van der Waals surface area contributed by atoms with E-state index in [0.29, 0.717) is 42.6 Å². The number of hydroxylamine groups is 2. The first-order valence-corrected chi connectivity index (χ1v) is 12.9. The highest BCUT2D eigenvalue weighted by atomic mass is 19.2. The fourth-order valence-corrected chi connectivity index (χ4v) is 7.24. The lowest BCUT2D eigenvalue weighted by atomic mass is 9.57. The van der Waals surface area contributed by atoms with Gasteiger partial charge in [0, 0.05) is 24.8 Å². The second kappa shape index (κ2) is 8.49. The van der Waals surface area contributed by atoms with Crippen molar-refractivity contribution in [3.8, 4) is 17.2 Å². The Morgan fingerprint density at radius 3 is 2.62 bits per heavy atom. The molecule has 0 bridgehead atoms. The molecule has 6 heteroatoms. The topological polar surface area (TPSA) is 60.1 Å². The highest BCUT2D eigenvalue weighted by Crippen LogP contribution is 2.64. The van der Waals surface area contributed by atoms with Crippen molar-refractivity contribution in [3.05, 3.63) is 94.0 Å². The van der Waals surface area contributed by atoms with E-state index in [1.165, 1.54) is 11.6 Å². The first-order chi connectivity index (χ1) is 17.8. The third-order valence-electron chi connectivity index (χ3n) is 9.00. The third kappa shape index (κ3) is 3.37. The summed E-state index contributed by atoms with van der Waals surface area (Å²) >= 11 is 0. The molecule has 1 heterocycles. The molecular weight excluding hydrogens is 468 g/mol. The molecule has 0 saturated carbocycles. The largest absolute Gasteiger partial charge is 0.287 e. The molecule has 3 aliphatic rings. The number of benzene rings is 3. The summed E-state index contributed by atoms with van der Waals surface area (Å²) in [6, 6.07) is 19.3. The van der Waals surface area contributed by atoms with E-state index in [1.54, 1.807) is 24.2 Å². The van der Waals surface area contributed by atoms with Crippen molar-refractivity contribution in [1.82, 2.24) is 5.06 Å². The van der Waals surface area contributed by atoms with Crippen LogP contribution in [0.15, 0.2) is 54.6 Å². The Kier molecular flexibility index (Phi) is 5.47. The second-order valence-corrected chi connectivity index (χ2v) is 10.8. The summed E-state index contributed by atoms with van der Waals surface area (Å²) in [6.45, 7) is 2.14. The maximum absolute atomic E-state index is 14.7. The van der Waals surface area contributed by atoms with Gasteiger partial charge in [-0.25, -0.2) is 13.8 Å². The van der Waals surface area contributed by atoms with E-state index in [1.807, 2.05) is 18.2 Å². The number of halogens is 2. The van der Waals surface area contributed by atoms with Crippen molar-refractivity contribution in [3.63, 3.8) is 0 Å². The average Bonchev–Trinajstić information content (AvgIpc) is 3.16. The van der Waals surface area contributed by atoms with Gasteiger partial charge in [0.25, 0.3) is 0 Å². The van der Waals surface area contributed by atoms with Gasteiger partial charge < -0.3 is 0 Å². The molecule has 188 valence electrons. The van der Waals surface area contributed by atoms with E-state index in [0.717, 1.165) is 35.1 Å².